The predicted molar refractivity (Wildman–Crippen MR) is 153 cm³/mol. The monoisotopic (exact) mass is 533 g/mol. The summed E-state index contributed by atoms with van der Waals surface area (Å²) in [6, 6.07) is 16.9. The van der Waals surface area contributed by atoms with Crippen molar-refractivity contribution in [2.45, 2.75) is 46.0 Å². The predicted octanol–water partition coefficient (Wildman–Crippen LogP) is 8.32. The summed E-state index contributed by atoms with van der Waals surface area (Å²) in [5.74, 6) is 1.27. The number of aromatic hydroxyl groups is 1. The molecule has 0 bridgehead atoms. The Morgan fingerprint density at radius 3 is 2.32 bits per heavy atom. The van der Waals surface area contributed by atoms with Crippen LogP contribution in [-0.4, -0.2) is 35.4 Å². The minimum atomic E-state index is -0.101. The van der Waals surface area contributed by atoms with E-state index in [0.29, 0.717) is 27.0 Å². The molecule has 1 fully saturated rings. The van der Waals surface area contributed by atoms with Crippen LogP contribution in [0.1, 0.15) is 57.6 Å². The molecule has 4 aromatic rings. The number of ether oxygens (including phenoxy) is 1. The van der Waals surface area contributed by atoms with Gasteiger partial charge in [0.05, 0.1) is 0 Å². The van der Waals surface area contributed by atoms with Crippen LogP contribution in [0.15, 0.2) is 54.6 Å². The van der Waals surface area contributed by atoms with Gasteiger partial charge in [0.2, 0.25) is 5.78 Å². The molecule has 192 valence electrons. The molecule has 0 unspecified atom stereocenters. The normalized spacial score (nSPS) is 14.6. The third-order valence-corrected chi connectivity index (χ3v) is 8.47. The number of phenols is 1. The Balaban J connectivity index is 1.42. The van der Waals surface area contributed by atoms with Gasteiger partial charge in [0.1, 0.15) is 16.4 Å². The number of ketones is 1. The lowest BCUT2D eigenvalue weighted by Gasteiger charge is -2.19. The first-order valence-electron chi connectivity index (χ1n) is 12.9. The highest BCUT2D eigenvalue weighted by molar-refractivity contribution is 7.21. The van der Waals surface area contributed by atoms with Gasteiger partial charge in [-0.15, -0.1) is 11.3 Å². The molecule has 0 aliphatic carbocycles. The van der Waals surface area contributed by atoms with Gasteiger partial charge in [-0.3, -0.25) is 4.79 Å². The van der Waals surface area contributed by atoms with Crippen molar-refractivity contribution in [3.63, 3.8) is 0 Å². The number of hydrogen-bond acceptors (Lipinski definition) is 5. The van der Waals surface area contributed by atoms with Crippen LogP contribution in [0.2, 0.25) is 5.02 Å². The molecule has 1 aliphatic rings. The first-order valence-corrected chi connectivity index (χ1v) is 14.1. The third kappa shape index (κ3) is 5.85. The van der Waals surface area contributed by atoms with Crippen molar-refractivity contribution in [2.24, 2.45) is 0 Å². The zero-order valence-electron chi connectivity index (χ0n) is 21.4. The Labute approximate surface area is 227 Å². The summed E-state index contributed by atoms with van der Waals surface area (Å²) in [4.78, 5) is 16.9. The largest absolute Gasteiger partial charge is 0.508 e. The van der Waals surface area contributed by atoms with E-state index in [1.165, 1.54) is 55.7 Å². The van der Waals surface area contributed by atoms with E-state index < -0.39 is 0 Å². The van der Waals surface area contributed by atoms with Crippen molar-refractivity contribution in [3.05, 3.63) is 86.8 Å². The number of rotatable bonds is 7. The Kier molecular flexibility index (Phi) is 7.84. The minimum absolute atomic E-state index is 0.101. The van der Waals surface area contributed by atoms with Crippen LogP contribution < -0.4 is 4.74 Å². The van der Waals surface area contributed by atoms with Crippen LogP contribution >= 0.6 is 22.9 Å². The van der Waals surface area contributed by atoms with Crippen molar-refractivity contribution in [1.82, 2.24) is 4.90 Å². The number of nitrogens with zero attached hydrogens (tertiary/aromatic N) is 1. The van der Waals surface area contributed by atoms with Crippen LogP contribution in [-0.2, 0) is 6.42 Å². The summed E-state index contributed by atoms with van der Waals surface area (Å²) in [6.07, 6.45) is 6.31. The second kappa shape index (κ2) is 11.3. The van der Waals surface area contributed by atoms with Gasteiger partial charge >= 0.3 is 0 Å². The van der Waals surface area contributed by atoms with E-state index in [1.807, 2.05) is 44.2 Å². The molecule has 4 nitrogen and oxygen atoms in total. The second-order valence-corrected chi connectivity index (χ2v) is 11.4. The number of fused-ring (bicyclic) bond motifs is 1. The number of hydrogen-bond donors (Lipinski definition) is 1. The van der Waals surface area contributed by atoms with Gasteiger partial charge in [-0.25, -0.2) is 0 Å². The van der Waals surface area contributed by atoms with E-state index in [4.69, 9.17) is 16.3 Å². The quantitative estimate of drug-likeness (QED) is 0.243. The van der Waals surface area contributed by atoms with E-state index in [2.05, 4.69) is 17.0 Å². The molecule has 2 heterocycles. The molecule has 37 heavy (non-hydrogen) atoms. The lowest BCUT2D eigenvalue weighted by molar-refractivity contribution is 0.103. The molecule has 1 saturated heterocycles. The van der Waals surface area contributed by atoms with Gasteiger partial charge in [-0.05, 0) is 105 Å². The Morgan fingerprint density at radius 2 is 1.65 bits per heavy atom. The van der Waals surface area contributed by atoms with Crippen molar-refractivity contribution < 1.29 is 14.6 Å². The van der Waals surface area contributed by atoms with Crippen molar-refractivity contribution in [2.75, 3.05) is 19.6 Å². The lowest BCUT2D eigenvalue weighted by Crippen LogP contribution is -2.26. The lowest BCUT2D eigenvalue weighted by atomic mass is 9.98. The molecule has 1 N–H and O–H groups in total. The topological polar surface area (TPSA) is 49.8 Å². The highest BCUT2D eigenvalue weighted by Gasteiger charge is 2.25. The van der Waals surface area contributed by atoms with Crippen molar-refractivity contribution in [3.8, 4) is 17.2 Å². The molecule has 0 radical (unpaired) electrons. The number of likely N-dealkylation sites (tertiary alicyclic amines) is 1. The Hall–Kier alpha value is -2.86. The van der Waals surface area contributed by atoms with Gasteiger partial charge in [-0.1, -0.05) is 36.6 Å². The first kappa shape index (κ1) is 25.8. The van der Waals surface area contributed by atoms with E-state index in [0.717, 1.165) is 34.2 Å². The number of thiophene rings is 1. The summed E-state index contributed by atoms with van der Waals surface area (Å²) in [6.45, 7) is 7.28. The van der Waals surface area contributed by atoms with Crippen LogP contribution in [0.5, 0.6) is 17.2 Å². The fourth-order valence-electron chi connectivity index (χ4n) is 5.18. The average Bonchev–Trinajstić information content (AvgIpc) is 3.01. The van der Waals surface area contributed by atoms with Crippen LogP contribution in [0, 0.1) is 13.8 Å². The van der Waals surface area contributed by atoms with Crippen LogP contribution in [0.3, 0.4) is 0 Å². The number of carbonyl (C=O) groups is 1. The summed E-state index contributed by atoms with van der Waals surface area (Å²) < 4.78 is 7.19. The van der Waals surface area contributed by atoms with E-state index in [1.54, 1.807) is 12.1 Å². The first-order chi connectivity index (χ1) is 17.9. The molecule has 3 aromatic carbocycles. The fraction of sp³-hybridized carbons (Fsp3) is 0.323. The fourth-order valence-corrected chi connectivity index (χ4v) is 6.62. The molecule has 0 saturated carbocycles. The van der Waals surface area contributed by atoms with E-state index in [9.17, 15) is 9.90 Å². The smallest absolute Gasteiger partial charge is 0.207 e. The van der Waals surface area contributed by atoms with Gasteiger partial charge in [-0.2, -0.15) is 0 Å². The highest BCUT2D eigenvalue weighted by Crippen LogP contribution is 2.43. The maximum atomic E-state index is 13.8. The SMILES string of the molecule is Cc1cc(Cl)cc(C)c1C(=O)c1sc2cc(O)ccc2c1Oc1ccc(CCN2CCCCCC2)cc1. The van der Waals surface area contributed by atoms with Crippen molar-refractivity contribution in [1.29, 1.82) is 0 Å². The number of halogens is 1. The van der Waals surface area contributed by atoms with Crippen LogP contribution in [0.25, 0.3) is 10.1 Å². The molecule has 6 heteroatoms. The summed E-state index contributed by atoms with van der Waals surface area (Å²) in [7, 11) is 0. The zero-order chi connectivity index (χ0) is 25.9. The maximum absolute atomic E-state index is 13.8. The van der Waals surface area contributed by atoms with Gasteiger partial charge < -0.3 is 14.7 Å². The molecule has 5 rings (SSSR count). The number of phenolic OH excluding ortho intramolecular Hbond substituents is 1. The number of aryl methyl sites for hydroxylation is 2. The average molecular weight is 534 g/mol. The summed E-state index contributed by atoms with van der Waals surface area (Å²) in [5.41, 5.74) is 3.57. The highest BCUT2D eigenvalue weighted by atomic mass is 35.5. The van der Waals surface area contributed by atoms with Crippen LogP contribution in [0.4, 0.5) is 0 Å². The zero-order valence-corrected chi connectivity index (χ0v) is 22.9. The Morgan fingerprint density at radius 1 is 0.973 bits per heavy atom. The van der Waals surface area contributed by atoms with Gasteiger partial charge in [0, 0.05) is 27.2 Å². The van der Waals surface area contributed by atoms with E-state index >= 15 is 0 Å². The molecule has 0 amide bonds. The molecule has 0 spiro atoms. The third-order valence-electron chi connectivity index (χ3n) is 7.12. The molecular weight excluding hydrogens is 502 g/mol. The van der Waals surface area contributed by atoms with Gasteiger partial charge in [0.15, 0.2) is 5.75 Å². The van der Waals surface area contributed by atoms with Crippen molar-refractivity contribution >= 4 is 38.8 Å². The van der Waals surface area contributed by atoms with E-state index in [-0.39, 0.29) is 11.5 Å². The second-order valence-electron chi connectivity index (χ2n) is 9.94. The maximum Gasteiger partial charge on any atom is 0.207 e. The molecule has 1 aromatic heterocycles. The molecule has 0 atom stereocenters. The number of benzene rings is 3. The number of carbonyl (C=O) groups excluding carboxylic acids is 1. The Bertz CT molecular complexity index is 1400. The molecular formula is C31H32ClNO3S. The summed E-state index contributed by atoms with van der Waals surface area (Å²) in [5, 5.41) is 11.5. The summed E-state index contributed by atoms with van der Waals surface area (Å²) >= 11 is 7.55. The minimum Gasteiger partial charge on any atom is -0.508 e. The standard InChI is InChI=1S/C31H32ClNO3S/c1-20-17-23(32)18-21(2)28(20)29(35)31-30(26-12-9-24(34)19-27(26)37-31)36-25-10-7-22(8-11-25)13-16-33-14-5-3-4-6-15-33/h7-12,17-19,34H,3-6,13-16H2,1-2H3. The molecule has 1 aliphatic heterocycles. The van der Waals surface area contributed by atoms with Gasteiger partial charge in [0.25, 0.3) is 0 Å².